The summed E-state index contributed by atoms with van der Waals surface area (Å²) in [6, 6.07) is 8.12. The first-order valence-corrected chi connectivity index (χ1v) is 6.84. The van der Waals surface area contributed by atoms with Crippen LogP contribution in [0.15, 0.2) is 24.3 Å². The van der Waals surface area contributed by atoms with Crippen LogP contribution in [0, 0.1) is 11.8 Å². The van der Waals surface area contributed by atoms with Crippen molar-refractivity contribution in [1.29, 1.82) is 0 Å². The number of hydrogen-bond donors (Lipinski definition) is 1. The summed E-state index contributed by atoms with van der Waals surface area (Å²) in [5.74, 6) is 2.65. The molecule has 0 aliphatic carbocycles. The maximum atomic E-state index is 9.17. The lowest BCUT2D eigenvalue weighted by Gasteiger charge is -2.23. The van der Waals surface area contributed by atoms with Gasteiger partial charge in [-0.3, -0.25) is 0 Å². The van der Waals surface area contributed by atoms with Gasteiger partial charge in [-0.2, -0.15) is 0 Å². The van der Waals surface area contributed by atoms with Gasteiger partial charge >= 0.3 is 0 Å². The topological polar surface area (TPSA) is 29.5 Å². The van der Waals surface area contributed by atoms with E-state index in [9.17, 15) is 0 Å². The second kappa shape index (κ2) is 6.79. The van der Waals surface area contributed by atoms with Crippen molar-refractivity contribution in [2.75, 3.05) is 0 Å². The number of aliphatic hydroxyl groups is 1. The highest BCUT2D eigenvalue weighted by Gasteiger charge is 2.17. The largest absolute Gasteiger partial charge is 0.465 e. The SMILES string of the molecule is CC(C)CC(c1ccc(OC(C)O)cc1)C(C)C. The molecule has 2 nitrogen and oxygen atoms in total. The summed E-state index contributed by atoms with van der Waals surface area (Å²) in [4.78, 5) is 0. The first kappa shape index (κ1) is 15.0. The van der Waals surface area contributed by atoms with Crippen molar-refractivity contribution in [3.05, 3.63) is 29.8 Å². The molecule has 0 heterocycles. The van der Waals surface area contributed by atoms with E-state index in [1.165, 1.54) is 12.0 Å². The Morgan fingerprint density at radius 3 is 1.94 bits per heavy atom. The van der Waals surface area contributed by atoms with Gasteiger partial charge in [0.25, 0.3) is 0 Å². The normalized spacial score (nSPS) is 14.9. The lowest BCUT2D eigenvalue weighted by molar-refractivity contribution is -0.000311. The van der Waals surface area contributed by atoms with Crippen LogP contribution in [0.3, 0.4) is 0 Å². The van der Waals surface area contributed by atoms with E-state index in [1.807, 2.05) is 12.1 Å². The van der Waals surface area contributed by atoms with Crippen LogP contribution in [-0.4, -0.2) is 11.4 Å². The number of ether oxygens (including phenoxy) is 1. The van der Waals surface area contributed by atoms with Crippen LogP contribution in [0.25, 0.3) is 0 Å². The Morgan fingerprint density at radius 1 is 1.00 bits per heavy atom. The van der Waals surface area contributed by atoms with Crippen molar-refractivity contribution >= 4 is 0 Å². The Hall–Kier alpha value is -1.02. The third-order valence-electron chi connectivity index (χ3n) is 3.14. The molecule has 2 atom stereocenters. The van der Waals surface area contributed by atoms with Gasteiger partial charge in [-0.05, 0) is 48.8 Å². The van der Waals surface area contributed by atoms with E-state index in [-0.39, 0.29) is 0 Å². The minimum Gasteiger partial charge on any atom is -0.465 e. The molecule has 0 aliphatic heterocycles. The van der Waals surface area contributed by atoms with Gasteiger partial charge in [0.1, 0.15) is 5.75 Å². The van der Waals surface area contributed by atoms with E-state index in [2.05, 4.69) is 39.8 Å². The molecule has 102 valence electrons. The second-order valence-electron chi connectivity index (χ2n) is 5.77. The minimum atomic E-state index is -0.757. The van der Waals surface area contributed by atoms with Crippen molar-refractivity contribution < 1.29 is 9.84 Å². The van der Waals surface area contributed by atoms with Crippen LogP contribution >= 0.6 is 0 Å². The van der Waals surface area contributed by atoms with Gasteiger partial charge in [0.2, 0.25) is 0 Å². The molecule has 1 N–H and O–H groups in total. The fraction of sp³-hybridized carbons (Fsp3) is 0.625. The number of hydrogen-bond acceptors (Lipinski definition) is 2. The van der Waals surface area contributed by atoms with Crippen LogP contribution < -0.4 is 4.74 Å². The highest BCUT2D eigenvalue weighted by Crippen LogP contribution is 2.31. The monoisotopic (exact) mass is 250 g/mol. The number of benzene rings is 1. The summed E-state index contributed by atoms with van der Waals surface area (Å²) in [5, 5.41) is 9.17. The molecule has 1 rings (SSSR count). The van der Waals surface area contributed by atoms with E-state index in [0.29, 0.717) is 17.8 Å². The average molecular weight is 250 g/mol. The Labute approximate surface area is 111 Å². The van der Waals surface area contributed by atoms with E-state index in [4.69, 9.17) is 9.84 Å². The van der Waals surface area contributed by atoms with E-state index >= 15 is 0 Å². The van der Waals surface area contributed by atoms with E-state index < -0.39 is 6.29 Å². The Balaban J connectivity index is 2.80. The molecule has 1 aromatic rings. The first-order valence-electron chi connectivity index (χ1n) is 6.84. The number of rotatable bonds is 6. The van der Waals surface area contributed by atoms with Crippen molar-refractivity contribution in [2.45, 2.75) is 53.2 Å². The Bertz CT molecular complexity index is 339. The fourth-order valence-electron chi connectivity index (χ4n) is 2.29. The van der Waals surface area contributed by atoms with Crippen LogP contribution in [0.1, 0.15) is 52.5 Å². The molecule has 1 aromatic carbocycles. The molecule has 0 aliphatic rings. The van der Waals surface area contributed by atoms with Crippen molar-refractivity contribution in [1.82, 2.24) is 0 Å². The number of aliphatic hydroxyl groups excluding tert-OH is 1. The zero-order valence-electron chi connectivity index (χ0n) is 12.2. The van der Waals surface area contributed by atoms with Gasteiger partial charge in [-0.1, -0.05) is 39.8 Å². The third-order valence-corrected chi connectivity index (χ3v) is 3.14. The van der Waals surface area contributed by atoms with Crippen LogP contribution in [0.5, 0.6) is 5.75 Å². The van der Waals surface area contributed by atoms with Gasteiger partial charge < -0.3 is 9.84 Å². The van der Waals surface area contributed by atoms with Gasteiger partial charge in [0, 0.05) is 0 Å². The molecule has 0 radical (unpaired) electrons. The zero-order chi connectivity index (χ0) is 13.7. The summed E-state index contributed by atoms with van der Waals surface area (Å²) in [7, 11) is 0. The predicted molar refractivity (Wildman–Crippen MR) is 75.8 cm³/mol. The van der Waals surface area contributed by atoms with E-state index in [1.54, 1.807) is 6.92 Å². The molecule has 18 heavy (non-hydrogen) atoms. The first-order chi connectivity index (χ1) is 8.40. The quantitative estimate of drug-likeness (QED) is 0.767. The van der Waals surface area contributed by atoms with Crippen LogP contribution in [0.4, 0.5) is 0 Å². The lowest BCUT2D eigenvalue weighted by Crippen LogP contribution is -2.11. The Morgan fingerprint density at radius 2 is 1.56 bits per heavy atom. The average Bonchev–Trinajstić information content (AvgIpc) is 2.26. The molecule has 0 bridgehead atoms. The molecule has 0 fully saturated rings. The molecule has 0 saturated carbocycles. The predicted octanol–water partition coefficient (Wildman–Crippen LogP) is 4.19. The summed E-state index contributed by atoms with van der Waals surface area (Å²) >= 11 is 0. The molecule has 2 unspecified atom stereocenters. The lowest BCUT2D eigenvalue weighted by atomic mass is 9.82. The van der Waals surface area contributed by atoms with Gasteiger partial charge in [0.15, 0.2) is 6.29 Å². The van der Waals surface area contributed by atoms with Gasteiger partial charge in [-0.25, -0.2) is 0 Å². The molecular weight excluding hydrogens is 224 g/mol. The highest BCUT2D eigenvalue weighted by molar-refractivity contribution is 5.29. The van der Waals surface area contributed by atoms with Crippen LogP contribution in [-0.2, 0) is 0 Å². The molecule has 0 aromatic heterocycles. The summed E-state index contributed by atoms with van der Waals surface area (Å²) < 4.78 is 5.25. The highest BCUT2D eigenvalue weighted by atomic mass is 16.6. The maximum Gasteiger partial charge on any atom is 0.194 e. The summed E-state index contributed by atoms with van der Waals surface area (Å²) in [6.45, 7) is 10.7. The minimum absolute atomic E-state index is 0.589. The fourth-order valence-corrected chi connectivity index (χ4v) is 2.29. The van der Waals surface area contributed by atoms with E-state index in [0.717, 1.165) is 5.75 Å². The smallest absolute Gasteiger partial charge is 0.194 e. The third kappa shape index (κ3) is 4.69. The molecule has 0 amide bonds. The zero-order valence-corrected chi connectivity index (χ0v) is 12.2. The van der Waals surface area contributed by atoms with Gasteiger partial charge in [-0.15, -0.1) is 0 Å². The summed E-state index contributed by atoms with van der Waals surface area (Å²) in [6.07, 6.45) is 0.446. The van der Waals surface area contributed by atoms with Crippen LogP contribution in [0.2, 0.25) is 0 Å². The molecular formula is C16H26O2. The van der Waals surface area contributed by atoms with Crippen molar-refractivity contribution in [2.24, 2.45) is 11.8 Å². The van der Waals surface area contributed by atoms with Crippen molar-refractivity contribution in [3.63, 3.8) is 0 Å². The Kier molecular flexibility index (Phi) is 5.67. The molecule has 0 spiro atoms. The standard InChI is InChI=1S/C16H26O2/c1-11(2)10-16(12(3)4)14-6-8-15(9-7-14)18-13(5)17/h6-9,11-13,16-17H,10H2,1-5H3. The summed E-state index contributed by atoms with van der Waals surface area (Å²) in [5.41, 5.74) is 1.36. The molecule has 2 heteroatoms. The van der Waals surface area contributed by atoms with Crippen molar-refractivity contribution in [3.8, 4) is 5.75 Å². The molecule has 0 saturated heterocycles. The van der Waals surface area contributed by atoms with Gasteiger partial charge in [0.05, 0.1) is 0 Å². The second-order valence-corrected chi connectivity index (χ2v) is 5.77. The maximum absolute atomic E-state index is 9.17.